The number of unbranched alkanes of at least 4 members (excludes halogenated alkanes) is 33. The van der Waals surface area contributed by atoms with Gasteiger partial charge in [-0.05, 0) is 44.9 Å². The summed E-state index contributed by atoms with van der Waals surface area (Å²) in [6.45, 7) is 4.65. The second-order valence-electron chi connectivity index (χ2n) is 18.8. The molecule has 2 N–H and O–H groups in total. The molecule has 0 radical (unpaired) electrons. The Morgan fingerprint density at radius 3 is 1.06 bits per heavy atom. The minimum Gasteiger partial charge on any atom is -0.462 e. The van der Waals surface area contributed by atoms with Crippen molar-refractivity contribution in [3.63, 3.8) is 0 Å². The lowest BCUT2D eigenvalue weighted by Crippen LogP contribution is -2.30. The van der Waals surface area contributed by atoms with Crippen molar-refractivity contribution in [1.82, 2.24) is 0 Å². The summed E-state index contributed by atoms with van der Waals surface area (Å²) in [6.07, 6.45) is 46.0. The normalized spacial score (nSPS) is 13.5. The fourth-order valence-corrected chi connectivity index (χ4v) is 8.72. The van der Waals surface area contributed by atoms with Gasteiger partial charge in [-0.2, -0.15) is 0 Å². The lowest BCUT2D eigenvalue weighted by molar-refractivity contribution is -0.161. The zero-order chi connectivity index (χ0) is 48.4. The highest BCUT2D eigenvalue weighted by Gasteiger charge is 2.28. The highest BCUT2D eigenvalue weighted by Crippen LogP contribution is 2.43. The van der Waals surface area contributed by atoms with Gasteiger partial charge >= 0.3 is 25.7 Å². The van der Waals surface area contributed by atoms with Crippen LogP contribution in [0, 0.1) is 0 Å². The maximum Gasteiger partial charge on any atom is 0.472 e. The molecule has 0 aliphatic heterocycles. The Labute approximate surface area is 405 Å². The van der Waals surface area contributed by atoms with Gasteiger partial charge in [0.2, 0.25) is 0 Å². The number of ether oxygens (including phenoxy) is 3. The maximum atomic E-state index is 12.9. The van der Waals surface area contributed by atoms with Gasteiger partial charge in [-0.1, -0.05) is 226 Å². The zero-order valence-corrected chi connectivity index (χ0v) is 43.8. The van der Waals surface area contributed by atoms with E-state index in [1.165, 1.54) is 141 Å². The Morgan fingerprint density at radius 1 is 0.409 bits per heavy atom. The van der Waals surface area contributed by atoms with E-state index < -0.39 is 57.8 Å². The number of carbonyl (C=O) groups excluding carboxylic acids is 3. The molecule has 0 aromatic heterocycles. The van der Waals surface area contributed by atoms with Crippen LogP contribution in [0.1, 0.15) is 278 Å². The van der Waals surface area contributed by atoms with Gasteiger partial charge in [0, 0.05) is 19.3 Å². The number of esters is 3. The Bertz CT molecular complexity index is 1160. The predicted octanol–water partition coefficient (Wildman–Crippen LogP) is 15.7. The van der Waals surface area contributed by atoms with E-state index in [2.05, 4.69) is 32.9 Å². The number of hydrogen-bond acceptors (Lipinski definition) is 10. The third-order valence-corrected chi connectivity index (χ3v) is 13.1. The molecule has 3 unspecified atom stereocenters. The van der Waals surface area contributed by atoms with E-state index in [9.17, 15) is 28.9 Å². The SMILES string of the molecule is CCCCCC/C=C\CCCCCCCC(=O)OCC(COP(=O)(O)OCC(CO)OC(=O)CCCCCCCCCCCCCCC)OC(=O)CCCCCCCCCCCCCCC. The number of allylic oxidation sites excluding steroid dienone is 2. The van der Waals surface area contributed by atoms with Gasteiger partial charge in [-0.3, -0.25) is 23.4 Å². The first-order chi connectivity index (χ1) is 32.2. The molecular formula is C54H103O11P. The third kappa shape index (κ3) is 47.3. The molecule has 3 atom stereocenters. The number of carbonyl (C=O) groups is 3. The second-order valence-corrected chi connectivity index (χ2v) is 20.2. The Morgan fingerprint density at radius 2 is 0.697 bits per heavy atom. The third-order valence-electron chi connectivity index (χ3n) is 12.2. The van der Waals surface area contributed by atoms with Crippen LogP contribution in [0.2, 0.25) is 0 Å². The molecule has 0 spiro atoms. The van der Waals surface area contributed by atoms with Gasteiger partial charge in [-0.25, -0.2) is 4.57 Å². The first-order valence-corrected chi connectivity index (χ1v) is 29.1. The molecule has 0 bridgehead atoms. The highest BCUT2D eigenvalue weighted by molar-refractivity contribution is 7.47. The second kappa shape index (κ2) is 49.6. The Kier molecular flexibility index (Phi) is 48.3. The number of rotatable bonds is 52. The van der Waals surface area contributed by atoms with Crippen molar-refractivity contribution in [3.8, 4) is 0 Å². The standard InChI is InChI=1S/C54H103O11P/c1-4-7-10-13-16-19-22-25-28-31-34-37-40-43-52(56)61-47-51(65-54(58)45-42-39-36-33-30-27-24-21-18-15-12-9-6-3)49-63-66(59,60)62-48-50(46-55)64-53(57)44-41-38-35-32-29-26-23-20-17-14-11-8-5-2/h19,22,50-51,55H,4-18,20-21,23-49H2,1-3H3,(H,59,60)/b22-19-. The molecule has 0 aliphatic rings. The van der Waals surface area contributed by atoms with Crippen LogP contribution in [0.25, 0.3) is 0 Å². The lowest BCUT2D eigenvalue weighted by atomic mass is 10.0. The molecule has 0 heterocycles. The summed E-state index contributed by atoms with van der Waals surface area (Å²) in [7, 11) is -4.73. The van der Waals surface area contributed by atoms with Crippen molar-refractivity contribution >= 4 is 25.7 Å². The van der Waals surface area contributed by atoms with E-state index in [1.54, 1.807) is 0 Å². The number of aliphatic hydroxyl groups excluding tert-OH is 1. The van der Waals surface area contributed by atoms with Crippen LogP contribution in [0.3, 0.4) is 0 Å². The van der Waals surface area contributed by atoms with Crippen LogP contribution in [-0.2, 0) is 42.2 Å². The fraction of sp³-hybridized carbons (Fsp3) is 0.907. The molecule has 390 valence electrons. The minimum absolute atomic E-state index is 0.174. The summed E-state index contributed by atoms with van der Waals surface area (Å²) >= 11 is 0. The van der Waals surface area contributed by atoms with E-state index in [4.69, 9.17) is 23.3 Å². The van der Waals surface area contributed by atoms with Gasteiger partial charge in [-0.15, -0.1) is 0 Å². The molecule has 0 amide bonds. The minimum atomic E-state index is -4.73. The predicted molar refractivity (Wildman–Crippen MR) is 270 cm³/mol. The summed E-state index contributed by atoms with van der Waals surface area (Å²) in [5.74, 6) is -1.45. The van der Waals surface area contributed by atoms with Crippen molar-refractivity contribution in [2.45, 2.75) is 290 Å². The molecule has 0 aromatic rings. The molecule has 11 nitrogen and oxygen atoms in total. The van der Waals surface area contributed by atoms with Crippen LogP contribution >= 0.6 is 7.82 Å². The molecule has 0 rings (SSSR count). The maximum absolute atomic E-state index is 12.9. The molecular weight excluding hydrogens is 856 g/mol. The summed E-state index contributed by atoms with van der Waals surface area (Å²) in [4.78, 5) is 48.3. The van der Waals surface area contributed by atoms with Crippen LogP contribution < -0.4 is 0 Å². The largest absolute Gasteiger partial charge is 0.472 e. The lowest BCUT2D eigenvalue weighted by Gasteiger charge is -2.21. The van der Waals surface area contributed by atoms with E-state index >= 15 is 0 Å². The van der Waals surface area contributed by atoms with Crippen molar-refractivity contribution < 1.29 is 52.2 Å². The zero-order valence-electron chi connectivity index (χ0n) is 42.9. The van der Waals surface area contributed by atoms with Crippen molar-refractivity contribution in [2.24, 2.45) is 0 Å². The highest BCUT2D eigenvalue weighted by atomic mass is 31.2. The average Bonchev–Trinajstić information content (AvgIpc) is 3.30. The topological polar surface area (TPSA) is 155 Å². The van der Waals surface area contributed by atoms with E-state index in [0.717, 1.165) is 77.0 Å². The van der Waals surface area contributed by atoms with Crippen molar-refractivity contribution in [3.05, 3.63) is 12.2 Å². The smallest absolute Gasteiger partial charge is 0.462 e. The quantitative estimate of drug-likeness (QED) is 0.0197. The Balaban J connectivity index is 4.69. The number of aliphatic hydroxyl groups is 1. The van der Waals surface area contributed by atoms with Crippen LogP contribution in [0.4, 0.5) is 0 Å². The first-order valence-electron chi connectivity index (χ1n) is 27.6. The van der Waals surface area contributed by atoms with Gasteiger partial charge < -0.3 is 24.2 Å². The molecule has 0 fully saturated rings. The van der Waals surface area contributed by atoms with Gasteiger partial charge in [0.1, 0.15) is 12.7 Å². The van der Waals surface area contributed by atoms with Crippen LogP contribution in [0.5, 0.6) is 0 Å². The van der Waals surface area contributed by atoms with E-state index in [1.807, 2.05) is 0 Å². The number of phosphoric acid groups is 1. The van der Waals surface area contributed by atoms with Gasteiger partial charge in [0.25, 0.3) is 0 Å². The number of phosphoric ester groups is 1. The molecule has 0 saturated heterocycles. The summed E-state index contributed by atoms with van der Waals surface area (Å²) in [5.41, 5.74) is 0. The van der Waals surface area contributed by atoms with Crippen molar-refractivity contribution in [1.29, 1.82) is 0 Å². The molecule has 0 aromatic carbocycles. The average molecular weight is 959 g/mol. The van der Waals surface area contributed by atoms with Crippen LogP contribution in [0.15, 0.2) is 12.2 Å². The molecule has 0 aliphatic carbocycles. The molecule has 12 heteroatoms. The van der Waals surface area contributed by atoms with Crippen molar-refractivity contribution in [2.75, 3.05) is 26.4 Å². The molecule has 0 saturated carbocycles. The van der Waals surface area contributed by atoms with Gasteiger partial charge in [0.15, 0.2) is 6.10 Å². The fourth-order valence-electron chi connectivity index (χ4n) is 7.94. The summed E-state index contributed by atoms with van der Waals surface area (Å²) < 4.78 is 39.4. The molecule has 66 heavy (non-hydrogen) atoms. The summed E-state index contributed by atoms with van der Waals surface area (Å²) in [6, 6.07) is 0. The monoisotopic (exact) mass is 959 g/mol. The summed E-state index contributed by atoms with van der Waals surface area (Å²) in [5, 5.41) is 9.78. The van der Waals surface area contributed by atoms with E-state index in [-0.39, 0.29) is 25.9 Å². The van der Waals surface area contributed by atoms with Gasteiger partial charge in [0.05, 0.1) is 19.8 Å². The first kappa shape index (κ1) is 64.2. The van der Waals surface area contributed by atoms with Crippen LogP contribution in [-0.4, -0.2) is 66.5 Å². The number of hydrogen-bond donors (Lipinski definition) is 2. The van der Waals surface area contributed by atoms with E-state index in [0.29, 0.717) is 19.3 Å². The Hall–Kier alpha value is -1.78.